The van der Waals surface area contributed by atoms with E-state index in [0.717, 1.165) is 0 Å². The number of methoxy groups -OCH3 is 1. The minimum absolute atomic E-state index is 0.184. The fourth-order valence-corrected chi connectivity index (χ4v) is 2.38. The number of carbonyl (C=O) groups excluding carboxylic acids is 2. The summed E-state index contributed by atoms with van der Waals surface area (Å²) < 4.78 is 4.64. The highest BCUT2D eigenvalue weighted by Gasteiger charge is 2.09. The molecule has 0 aliphatic heterocycles. The Labute approximate surface area is 152 Å². The number of thiocarbonyl (C=S) groups is 1. The third-order valence-corrected chi connectivity index (χ3v) is 3.83. The van der Waals surface area contributed by atoms with Crippen LogP contribution in [0.15, 0.2) is 48.5 Å². The number of hydrogen-bond acceptors (Lipinski definition) is 4. The van der Waals surface area contributed by atoms with Crippen LogP contribution in [0.5, 0.6) is 0 Å². The molecule has 0 atom stereocenters. The molecule has 0 unspecified atom stereocenters. The van der Waals surface area contributed by atoms with Gasteiger partial charge >= 0.3 is 5.97 Å². The summed E-state index contributed by atoms with van der Waals surface area (Å²) in [6, 6.07) is 14.0. The van der Waals surface area contributed by atoms with Crippen LogP contribution in [0.25, 0.3) is 0 Å². The minimum Gasteiger partial charge on any atom is -0.465 e. The number of carbonyl (C=O) groups is 2. The lowest BCUT2D eigenvalue weighted by molar-refractivity contribution is 0.0600. The largest absolute Gasteiger partial charge is 0.465 e. The Kier molecular flexibility index (Phi) is 6.25. The Morgan fingerprint density at radius 3 is 2.04 bits per heavy atom. The number of esters is 1. The lowest BCUT2D eigenvalue weighted by Crippen LogP contribution is -2.34. The molecule has 0 heterocycles. The van der Waals surface area contributed by atoms with Crippen molar-refractivity contribution in [2.24, 2.45) is 0 Å². The molecule has 25 heavy (non-hydrogen) atoms. The van der Waals surface area contributed by atoms with Gasteiger partial charge in [-0.1, -0.05) is 26.0 Å². The predicted octanol–water partition coefficient (Wildman–Crippen LogP) is 3.72. The van der Waals surface area contributed by atoms with E-state index >= 15 is 0 Å². The quantitative estimate of drug-likeness (QED) is 0.645. The van der Waals surface area contributed by atoms with E-state index < -0.39 is 5.97 Å². The van der Waals surface area contributed by atoms with Gasteiger partial charge in [0.2, 0.25) is 0 Å². The van der Waals surface area contributed by atoms with Crippen molar-refractivity contribution in [1.82, 2.24) is 5.32 Å². The van der Waals surface area contributed by atoms with Crippen LogP contribution in [-0.2, 0) is 4.74 Å². The first-order valence-corrected chi connectivity index (χ1v) is 8.22. The standard InChI is InChI=1S/C19H20N2O3S/c1-12(2)13-4-6-14(7-5-13)17(22)21-19(25)20-16-10-8-15(9-11-16)18(23)24-3/h4-12H,1-3H3,(H2,20,21,22,25). The van der Waals surface area contributed by atoms with Gasteiger partial charge in [-0.3, -0.25) is 10.1 Å². The molecule has 0 aliphatic carbocycles. The number of amides is 1. The number of ether oxygens (including phenoxy) is 1. The molecule has 130 valence electrons. The van der Waals surface area contributed by atoms with Crippen LogP contribution in [-0.4, -0.2) is 24.1 Å². The van der Waals surface area contributed by atoms with Gasteiger partial charge in [0, 0.05) is 11.3 Å². The summed E-state index contributed by atoms with van der Waals surface area (Å²) in [5.41, 5.74) is 2.80. The van der Waals surface area contributed by atoms with Crippen LogP contribution in [0.2, 0.25) is 0 Å². The molecule has 2 N–H and O–H groups in total. The zero-order valence-corrected chi connectivity index (χ0v) is 15.1. The van der Waals surface area contributed by atoms with E-state index in [1.165, 1.54) is 12.7 Å². The van der Waals surface area contributed by atoms with E-state index in [1.54, 1.807) is 36.4 Å². The average molecular weight is 356 g/mol. The molecule has 5 nitrogen and oxygen atoms in total. The lowest BCUT2D eigenvalue weighted by atomic mass is 10.0. The predicted molar refractivity (Wildman–Crippen MR) is 102 cm³/mol. The maximum absolute atomic E-state index is 12.2. The van der Waals surface area contributed by atoms with Gasteiger partial charge in [0.1, 0.15) is 0 Å². The van der Waals surface area contributed by atoms with Crippen molar-refractivity contribution in [1.29, 1.82) is 0 Å². The van der Waals surface area contributed by atoms with Crippen molar-refractivity contribution in [3.05, 3.63) is 65.2 Å². The summed E-state index contributed by atoms with van der Waals surface area (Å²) in [6.45, 7) is 4.19. The Hall–Kier alpha value is -2.73. The maximum Gasteiger partial charge on any atom is 0.337 e. The van der Waals surface area contributed by atoms with E-state index in [0.29, 0.717) is 22.7 Å². The number of nitrogens with one attached hydrogen (secondary N) is 2. The molecule has 0 saturated carbocycles. The Morgan fingerprint density at radius 2 is 1.52 bits per heavy atom. The summed E-state index contributed by atoms with van der Waals surface area (Å²) in [5.74, 6) is -0.279. The molecule has 2 rings (SSSR count). The third kappa shape index (κ3) is 5.12. The van der Waals surface area contributed by atoms with Crippen LogP contribution in [0, 0.1) is 0 Å². The van der Waals surface area contributed by atoms with Gasteiger partial charge in [-0.05, 0) is 60.1 Å². The summed E-state index contributed by atoms with van der Waals surface area (Å²) in [6.07, 6.45) is 0. The minimum atomic E-state index is -0.410. The second kappa shape index (κ2) is 8.39. The van der Waals surface area contributed by atoms with Crippen LogP contribution in [0.4, 0.5) is 5.69 Å². The highest BCUT2D eigenvalue weighted by atomic mass is 32.1. The number of hydrogen-bond donors (Lipinski definition) is 2. The molecular formula is C19H20N2O3S. The van der Waals surface area contributed by atoms with Gasteiger partial charge in [-0.2, -0.15) is 0 Å². The van der Waals surface area contributed by atoms with Gasteiger partial charge in [0.25, 0.3) is 5.91 Å². The van der Waals surface area contributed by atoms with Gasteiger partial charge in [0.15, 0.2) is 5.11 Å². The molecule has 6 heteroatoms. The lowest BCUT2D eigenvalue weighted by Gasteiger charge is -2.11. The van der Waals surface area contributed by atoms with Gasteiger partial charge < -0.3 is 10.1 Å². The number of rotatable bonds is 4. The zero-order chi connectivity index (χ0) is 18.4. The summed E-state index contributed by atoms with van der Waals surface area (Å²) in [4.78, 5) is 23.6. The molecule has 0 aliphatic rings. The van der Waals surface area contributed by atoms with Crippen molar-refractivity contribution in [2.75, 3.05) is 12.4 Å². The van der Waals surface area contributed by atoms with Crippen molar-refractivity contribution >= 4 is 34.9 Å². The Balaban J connectivity index is 1.95. The molecule has 0 spiro atoms. The zero-order valence-electron chi connectivity index (χ0n) is 14.3. The van der Waals surface area contributed by atoms with E-state index in [9.17, 15) is 9.59 Å². The molecular weight excluding hydrogens is 336 g/mol. The van der Waals surface area contributed by atoms with Crippen molar-refractivity contribution < 1.29 is 14.3 Å². The van der Waals surface area contributed by atoms with E-state index in [-0.39, 0.29) is 11.0 Å². The van der Waals surface area contributed by atoms with E-state index in [1.807, 2.05) is 12.1 Å². The highest BCUT2D eigenvalue weighted by molar-refractivity contribution is 7.80. The molecule has 0 saturated heterocycles. The third-order valence-electron chi connectivity index (χ3n) is 3.63. The van der Waals surface area contributed by atoms with Crippen LogP contribution < -0.4 is 10.6 Å². The van der Waals surface area contributed by atoms with Crippen LogP contribution >= 0.6 is 12.2 Å². The molecule has 2 aromatic rings. The molecule has 0 bridgehead atoms. The monoisotopic (exact) mass is 356 g/mol. The van der Waals surface area contributed by atoms with Gasteiger partial charge in [-0.25, -0.2) is 4.79 Å². The second-order valence-corrected chi connectivity index (χ2v) is 6.16. The summed E-state index contributed by atoms with van der Waals surface area (Å²) >= 11 is 5.15. The topological polar surface area (TPSA) is 67.4 Å². The first kappa shape index (κ1) is 18.6. The van der Waals surface area contributed by atoms with Crippen LogP contribution in [0.1, 0.15) is 46.0 Å². The van der Waals surface area contributed by atoms with Crippen molar-refractivity contribution in [2.45, 2.75) is 19.8 Å². The Bertz CT molecular complexity index is 768. The molecule has 2 aromatic carbocycles. The smallest absolute Gasteiger partial charge is 0.337 e. The highest BCUT2D eigenvalue weighted by Crippen LogP contribution is 2.15. The summed E-state index contributed by atoms with van der Waals surface area (Å²) in [5, 5.41) is 5.72. The van der Waals surface area contributed by atoms with Crippen molar-refractivity contribution in [3.8, 4) is 0 Å². The van der Waals surface area contributed by atoms with Crippen molar-refractivity contribution in [3.63, 3.8) is 0 Å². The average Bonchev–Trinajstić information content (AvgIpc) is 2.61. The van der Waals surface area contributed by atoms with Gasteiger partial charge in [0.05, 0.1) is 12.7 Å². The summed E-state index contributed by atoms with van der Waals surface area (Å²) in [7, 11) is 1.33. The molecule has 0 radical (unpaired) electrons. The maximum atomic E-state index is 12.2. The van der Waals surface area contributed by atoms with E-state index in [4.69, 9.17) is 12.2 Å². The molecule has 1 amide bonds. The first-order chi connectivity index (χ1) is 11.9. The number of anilines is 1. The fourth-order valence-electron chi connectivity index (χ4n) is 2.16. The second-order valence-electron chi connectivity index (χ2n) is 5.75. The van der Waals surface area contributed by atoms with E-state index in [2.05, 4.69) is 29.2 Å². The Morgan fingerprint density at radius 1 is 0.960 bits per heavy atom. The molecule has 0 aromatic heterocycles. The van der Waals surface area contributed by atoms with Crippen LogP contribution in [0.3, 0.4) is 0 Å². The first-order valence-electron chi connectivity index (χ1n) is 7.81. The number of benzene rings is 2. The SMILES string of the molecule is COC(=O)c1ccc(NC(=S)NC(=O)c2ccc(C(C)C)cc2)cc1. The fraction of sp³-hybridized carbons (Fsp3) is 0.211. The molecule has 0 fully saturated rings. The normalized spacial score (nSPS) is 10.2. The van der Waals surface area contributed by atoms with Gasteiger partial charge in [-0.15, -0.1) is 0 Å².